The molecule has 1 heterocycles. The second kappa shape index (κ2) is 9.26. The van der Waals surface area contributed by atoms with E-state index in [9.17, 15) is 4.79 Å². The Hall–Kier alpha value is -2.75. The van der Waals surface area contributed by atoms with Crippen molar-refractivity contribution in [2.75, 3.05) is 37.7 Å². The maximum absolute atomic E-state index is 12.5. The van der Waals surface area contributed by atoms with Crippen LogP contribution in [0.5, 0.6) is 5.75 Å². The predicted octanol–water partition coefficient (Wildman–Crippen LogP) is 4.01. The lowest BCUT2D eigenvalue weighted by Crippen LogP contribution is -2.48. The van der Waals surface area contributed by atoms with E-state index in [4.69, 9.17) is 4.74 Å². The molecule has 0 N–H and O–H groups in total. The highest BCUT2D eigenvalue weighted by atomic mass is 16.5. The number of ether oxygens (including phenoxy) is 1. The second-order valence-electron chi connectivity index (χ2n) is 6.64. The first-order chi connectivity index (χ1) is 13.2. The van der Waals surface area contributed by atoms with Gasteiger partial charge in [-0.25, -0.2) is 0 Å². The summed E-state index contributed by atoms with van der Waals surface area (Å²) in [7, 11) is 0. The Kier molecular flexibility index (Phi) is 6.53. The van der Waals surface area contributed by atoms with E-state index in [2.05, 4.69) is 42.2 Å². The van der Waals surface area contributed by atoms with Crippen LogP contribution in [0.1, 0.15) is 25.0 Å². The molecule has 142 valence electrons. The van der Waals surface area contributed by atoms with Gasteiger partial charge in [0.15, 0.2) is 0 Å². The van der Waals surface area contributed by atoms with Gasteiger partial charge in [0.05, 0.1) is 12.3 Å². The zero-order valence-corrected chi connectivity index (χ0v) is 16.2. The van der Waals surface area contributed by atoms with Crippen LogP contribution in [0.15, 0.2) is 54.6 Å². The van der Waals surface area contributed by atoms with E-state index >= 15 is 0 Å². The van der Waals surface area contributed by atoms with Crippen LogP contribution >= 0.6 is 0 Å². The van der Waals surface area contributed by atoms with Gasteiger partial charge in [-0.15, -0.1) is 0 Å². The van der Waals surface area contributed by atoms with Crippen LogP contribution < -0.4 is 9.64 Å². The van der Waals surface area contributed by atoms with Gasteiger partial charge in [-0.3, -0.25) is 4.79 Å². The van der Waals surface area contributed by atoms with Gasteiger partial charge in [0.25, 0.3) is 0 Å². The molecular formula is C23H28N2O2. The minimum absolute atomic E-state index is 0.0762. The highest BCUT2D eigenvalue weighted by molar-refractivity contribution is 5.92. The van der Waals surface area contributed by atoms with E-state index < -0.39 is 0 Å². The number of nitrogens with zero attached hydrogens (tertiary/aromatic N) is 2. The van der Waals surface area contributed by atoms with E-state index in [0.717, 1.165) is 49.6 Å². The van der Waals surface area contributed by atoms with Crippen molar-refractivity contribution in [1.82, 2.24) is 4.90 Å². The minimum atomic E-state index is 0.0762. The van der Waals surface area contributed by atoms with Gasteiger partial charge >= 0.3 is 0 Å². The Labute approximate surface area is 162 Å². The van der Waals surface area contributed by atoms with Crippen molar-refractivity contribution >= 4 is 17.7 Å². The third-order valence-electron chi connectivity index (χ3n) is 4.90. The SMILES string of the molecule is CCOc1ccccc1N1CCN(C(=O)/C=C/c2ccc(CC)cc2)CC1. The molecule has 0 atom stereocenters. The van der Waals surface area contributed by atoms with Crippen molar-refractivity contribution in [2.24, 2.45) is 0 Å². The maximum Gasteiger partial charge on any atom is 0.246 e. The molecule has 1 fully saturated rings. The lowest BCUT2D eigenvalue weighted by Gasteiger charge is -2.36. The van der Waals surface area contributed by atoms with Gasteiger partial charge in [0, 0.05) is 32.3 Å². The van der Waals surface area contributed by atoms with E-state index in [0.29, 0.717) is 6.61 Å². The van der Waals surface area contributed by atoms with Crippen molar-refractivity contribution in [3.63, 3.8) is 0 Å². The average Bonchev–Trinajstić information content (AvgIpc) is 2.73. The highest BCUT2D eigenvalue weighted by Gasteiger charge is 2.21. The lowest BCUT2D eigenvalue weighted by atomic mass is 10.1. The monoisotopic (exact) mass is 364 g/mol. The van der Waals surface area contributed by atoms with Crippen LogP contribution in [-0.2, 0) is 11.2 Å². The molecule has 4 heteroatoms. The fourth-order valence-corrected chi connectivity index (χ4v) is 3.30. The third-order valence-corrected chi connectivity index (χ3v) is 4.90. The zero-order valence-electron chi connectivity index (χ0n) is 16.2. The summed E-state index contributed by atoms with van der Waals surface area (Å²) in [5.74, 6) is 0.988. The first-order valence-corrected chi connectivity index (χ1v) is 9.74. The minimum Gasteiger partial charge on any atom is -0.492 e. The van der Waals surface area contributed by atoms with Crippen LogP contribution in [0.2, 0.25) is 0 Å². The van der Waals surface area contributed by atoms with Gasteiger partial charge in [-0.2, -0.15) is 0 Å². The van der Waals surface area contributed by atoms with Crippen LogP contribution in [0.3, 0.4) is 0 Å². The van der Waals surface area contributed by atoms with Gasteiger partial charge in [0.1, 0.15) is 5.75 Å². The van der Waals surface area contributed by atoms with Crippen molar-refractivity contribution < 1.29 is 9.53 Å². The molecule has 27 heavy (non-hydrogen) atoms. The van der Waals surface area contributed by atoms with Gasteiger partial charge < -0.3 is 14.5 Å². The largest absolute Gasteiger partial charge is 0.492 e. The quantitative estimate of drug-likeness (QED) is 0.726. The molecule has 0 unspecified atom stereocenters. The normalized spacial score (nSPS) is 14.6. The smallest absolute Gasteiger partial charge is 0.246 e. The third kappa shape index (κ3) is 4.91. The summed E-state index contributed by atoms with van der Waals surface area (Å²) in [5.41, 5.74) is 3.48. The van der Waals surface area contributed by atoms with Crippen LogP contribution in [-0.4, -0.2) is 43.6 Å². The second-order valence-corrected chi connectivity index (χ2v) is 6.64. The number of hydrogen-bond acceptors (Lipinski definition) is 3. The van der Waals surface area contributed by atoms with Gasteiger partial charge in [-0.1, -0.05) is 43.3 Å². The summed E-state index contributed by atoms with van der Waals surface area (Å²) in [6.45, 7) is 7.86. The number of aryl methyl sites for hydroxylation is 1. The van der Waals surface area contributed by atoms with Gasteiger partial charge in [-0.05, 0) is 42.7 Å². The molecule has 0 bridgehead atoms. The Morgan fingerprint density at radius 3 is 2.37 bits per heavy atom. The Bertz CT molecular complexity index is 775. The Balaban J connectivity index is 1.57. The van der Waals surface area contributed by atoms with E-state index in [1.807, 2.05) is 36.1 Å². The van der Waals surface area contributed by atoms with E-state index in [-0.39, 0.29) is 5.91 Å². The number of rotatable bonds is 6. The molecule has 0 spiro atoms. The molecule has 2 aromatic rings. The maximum atomic E-state index is 12.5. The van der Waals surface area contributed by atoms with Crippen molar-refractivity contribution in [2.45, 2.75) is 20.3 Å². The fourth-order valence-electron chi connectivity index (χ4n) is 3.30. The van der Waals surface area contributed by atoms with Crippen molar-refractivity contribution in [3.05, 3.63) is 65.7 Å². The predicted molar refractivity (Wildman–Crippen MR) is 111 cm³/mol. The summed E-state index contributed by atoms with van der Waals surface area (Å²) < 4.78 is 5.74. The summed E-state index contributed by atoms with van der Waals surface area (Å²) >= 11 is 0. The standard InChI is InChI=1S/C23H28N2O2/c1-3-19-9-11-20(12-10-19)13-14-23(26)25-17-15-24(16-18-25)21-7-5-6-8-22(21)27-4-2/h5-14H,3-4,15-18H2,1-2H3/b14-13+. The number of benzene rings is 2. The molecule has 2 aromatic carbocycles. The Morgan fingerprint density at radius 1 is 1.00 bits per heavy atom. The van der Waals surface area contributed by atoms with Crippen molar-refractivity contribution in [1.29, 1.82) is 0 Å². The Morgan fingerprint density at radius 2 is 1.70 bits per heavy atom. The topological polar surface area (TPSA) is 32.8 Å². The molecule has 0 aliphatic carbocycles. The summed E-state index contributed by atoms with van der Waals surface area (Å²) in [4.78, 5) is 16.7. The number of para-hydroxylation sites is 2. The molecule has 1 aliphatic rings. The molecule has 0 aromatic heterocycles. The average molecular weight is 364 g/mol. The van der Waals surface area contributed by atoms with Crippen LogP contribution in [0, 0.1) is 0 Å². The molecular weight excluding hydrogens is 336 g/mol. The van der Waals surface area contributed by atoms with Crippen LogP contribution in [0.4, 0.5) is 5.69 Å². The molecule has 0 radical (unpaired) electrons. The van der Waals surface area contributed by atoms with E-state index in [1.165, 1.54) is 5.56 Å². The lowest BCUT2D eigenvalue weighted by molar-refractivity contribution is -0.126. The van der Waals surface area contributed by atoms with Crippen molar-refractivity contribution in [3.8, 4) is 5.75 Å². The number of piperazine rings is 1. The molecule has 1 aliphatic heterocycles. The summed E-state index contributed by atoms with van der Waals surface area (Å²) in [6, 6.07) is 16.5. The number of hydrogen-bond donors (Lipinski definition) is 0. The first-order valence-electron chi connectivity index (χ1n) is 9.74. The van der Waals surface area contributed by atoms with Gasteiger partial charge in [0.2, 0.25) is 5.91 Å². The molecule has 3 rings (SSSR count). The molecule has 4 nitrogen and oxygen atoms in total. The molecule has 0 saturated carbocycles. The zero-order chi connectivity index (χ0) is 19.1. The number of carbonyl (C=O) groups is 1. The fraction of sp³-hybridized carbons (Fsp3) is 0.348. The number of amides is 1. The molecule has 1 amide bonds. The van der Waals surface area contributed by atoms with Crippen LogP contribution in [0.25, 0.3) is 6.08 Å². The first kappa shape index (κ1) is 19.0. The number of anilines is 1. The van der Waals surface area contributed by atoms with E-state index in [1.54, 1.807) is 6.08 Å². The highest BCUT2D eigenvalue weighted by Crippen LogP contribution is 2.28. The summed E-state index contributed by atoms with van der Waals surface area (Å²) in [5, 5.41) is 0. The number of carbonyl (C=O) groups excluding carboxylic acids is 1. The molecule has 1 saturated heterocycles. The summed E-state index contributed by atoms with van der Waals surface area (Å²) in [6.07, 6.45) is 4.61.